The summed E-state index contributed by atoms with van der Waals surface area (Å²) < 4.78 is 12.3. The quantitative estimate of drug-likeness (QED) is 0.372. The topological polar surface area (TPSA) is 82.8 Å². The number of nitrogens with zero attached hydrogens (tertiary/aromatic N) is 3. The van der Waals surface area contributed by atoms with E-state index < -0.39 is 0 Å². The number of benzene rings is 1. The summed E-state index contributed by atoms with van der Waals surface area (Å²) in [5.74, 6) is 0.251. The Kier molecular flexibility index (Phi) is 4.95. The zero-order valence-corrected chi connectivity index (χ0v) is 16.1. The van der Waals surface area contributed by atoms with Crippen molar-refractivity contribution in [3.63, 3.8) is 0 Å². The molecule has 0 fully saturated rings. The summed E-state index contributed by atoms with van der Waals surface area (Å²) in [5, 5.41) is 0.806. The molecule has 0 N–H and O–H groups in total. The molecule has 7 nitrogen and oxygen atoms in total. The van der Waals surface area contributed by atoms with Crippen molar-refractivity contribution in [2.24, 2.45) is 0 Å². The molecule has 0 atom stereocenters. The zero-order chi connectivity index (χ0) is 20.4. The SMILES string of the molecule is CCOC(=O)Cc1c2cc(OC)ccc2n2c(C(=O)c3ccccn3)nccc12. The van der Waals surface area contributed by atoms with Gasteiger partial charge in [-0.3, -0.25) is 19.0 Å². The highest BCUT2D eigenvalue weighted by Gasteiger charge is 2.22. The third-order valence-corrected chi connectivity index (χ3v) is 4.69. The molecule has 0 aliphatic carbocycles. The van der Waals surface area contributed by atoms with Crippen LogP contribution in [0, 0.1) is 0 Å². The number of hydrogen-bond acceptors (Lipinski definition) is 6. The summed E-state index contributed by atoms with van der Waals surface area (Å²) in [6.45, 7) is 2.07. The standard InChI is InChI=1S/C22H19N3O4/c1-3-29-20(26)13-16-15-12-14(28-2)7-8-18(15)25-19(16)9-11-24-22(25)21(27)17-6-4-5-10-23-17/h4-12H,3,13H2,1-2H3. The number of esters is 1. The molecule has 29 heavy (non-hydrogen) atoms. The van der Waals surface area contributed by atoms with Crippen LogP contribution in [-0.2, 0) is 16.0 Å². The summed E-state index contributed by atoms with van der Waals surface area (Å²) in [6.07, 6.45) is 3.21. The van der Waals surface area contributed by atoms with Gasteiger partial charge in [-0.05, 0) is 48.9 Å². The van der Waals surface area contributed by atoms with Gasteiger partial charge in [-0.1, -0.05) is 6.07 Å². The Morgan fingerprint density at radius 1 is 1.03 bits per heavy atom. The van der Waals surface area contributed by atoms with Crippen molar-refractivity contribution >= 4 is 28.2 Å². The Labute approximate surface area is 166 Å². The maximum Gasteiger partial charge on any atom is 0.310 e. The first-order valence-electron chi connectivity index (χ1n) is 9.21. The van der Waals surface area contributed by atoms with Crippen LogP contribution in [-0.4, -0.2) is 39.8 Å². The summed E-state index contributed by atoms with van der Waals surface area (Å²) in [7, 11) is 1.58. The molecule has 3 heterocycles. The maximum atomic E-state index is 13.1. The molecule has 0 radical (unpaired) electrons. The molecule has 0 bridgehead atoms. The number of carbonyl (C=O) groups excluding carboxylic acids is 2. The van der Waals surface area contributed by atoms with Crippen LogP contribution < -0.4 is 4.74 Å². The minimum absolute atomic E-state index is 0.0786. The number of ether oxygens (including phenoxy) is 2. The van der Waals surface area contributed by atoms with Crippen LogP contribution in [0.3, 0.4) is 0 Å². The number of aromatic nitrogens is 3. The fourth-order valence-electron chi connectivity index (χ4n) is 3.43. The molecule has 7 heteroatoms. The van der Waals surface area contributed by atoms with Gasteiger partial charge in [0.1, 0.15) is 11.4 Å². The van der Waals surface area contributed by atoms with E-state index in [1.54, 1.807) is 55.1 Å². The van der Waals surface area contributed by atoms with E-state index >= 15 is 0 Å². The number of rotatable bonds is 6. The largest absolute Gasteiger partial charge is 0.497 e. The normalized spacial score (nSPS) is 11.0. The van der Waals surface area contributed by atoms with E-state index in [1.807, 2.05) is 18.2 Å². The second-order valence-corrected chi connectivity index (χ2v) is 6.38. The highest BCUT2D eigenvalue weighted by atomic mass is 16.5. The van der Waals surface area contributed by atoms with Crippen molar-refractivity contribution in [2.45, 2.75) is 13.3 Å². The van der Waals surface area contributed by atoms with Crippen LogP contribution in [0.15, 0.2) is 54.9 Å². The highest BCUT2D eigenvalue weighted by Crippen LogP contribution is 2.31. The number of fused-ring (bicyclic) bond motifs is 3. The average Bonchev–Trinajstić information content (AvgIpc) is 3.07. The summed E-state index contributed by atoms with van der Waals surface area (Å²) in [5.41, 5.74) is 2.53. The van der Waals surface area contributed by atoms with Gasteiger partial charge in [-0.25, -0.2) is 4.98 Å². The van der Waals surface area contributed by atoms with Crippen LogP contribution in [0.5, 0.6) is 5.75 Å². The van der Waals surface area contributed by atoms with Gasteiger partial charge in [0.25, 0.3) is 0 Å². The average molecular weight is 389 g/mol. The molecular formula is C22H19N3O4. The first-order chi connectivity index (χ1) is 14.1. The van der Waals surface area contributed by atoms with Crippen LogP contribution in [0.4, 0.5) is 0 Å². The third kappa shape index (κ3) is 3.31. The molecule has 4 aromatic rings. The number of pyridine rings is 1. The van der Waals surface area contributed by atoms with Crippen LogP contribution in [0.2, 0.25) is 0 Å². The second kappa shape index (κ2) is 7.71. The van der Waals surface area contributed by atoms with E-state index in [0.717, 1.165) is 22.0 Å². The minimum atomic E-state index is -0.334. The van der Waals surface area contributed by atoms with Crippen LogP contribution in [0.1, 0.15) is 28.8 Å². The van der Waals surface area contributed by atoms with Crippen molar-refractivity contribution < 1.29 is 19.1 Å². The number of hydrogen-bond donors (Lipinski definition) is 0. The van der Waals surface area contributed by atoms with Gasteiger partial charge in [0, 0.05) is 17.8 Å². The molecule has 0 saturated heterocycles. The van der Waals surface area contributed by atoms with E-state index in [2.05, 4.69) is 9.97 Å². The maximum absolute atomic E-state index is 13.1. The fourth-order valence-corrected chi connectivity index (χ4v) is 3.43. The van der Waals surface area contributed by atoms with Crippen molar-refractivity contribution in [1.82, 2.24) is 14.4 Å². The first-order valence-corrected chi connectivity index (χ1v) is 9.21. The molecule has 0 saturated carbocycles. The Balaban J connectivity index is 1.98. The molecule has 0 aliphatic heterocycles. The Hall–Kier alpha value is -3.74. The van der Waals surface area contributed by atoms with E-state index in [0.29, 0.717) is 18.1 Å². The molecular weight excluding hydrogens is 370 g/mol. The molecule has 4 rings (SSSR count). The lowest BCUT2D eigenvalue weighted by Gasteiger charge is -2.06. The summed E-state index contributed by atoms with van der Waals surface area (Å²) >= 11 is 0. The predicted molar refractivity (Wildman–Crippen MR) is 107 cm³/mol. The fraction of sp³-hybridized carbons (Fsp3) is 0.182. The van der Waals surface area contributed by atoms with Crippen molar-refractivity contribution in [1.29, 1.82) is 0 Å². The molecule has 3 aromatic heterocycles. The Morgan fingerprint density at radius 3 is 2.62 bits per heavy atom. The lowest BCUT2D eigenvalue weighted by atomic mass is 10.1. The predicted octanol–water partition coefficient (Wildman–Crippen LogP) is 3.23. The molecule has 0 spiro atoms. The lowest BCUT2D eigenvalue weighted by Crippen LogP contribution is -2.12. The van der Waals surface area contributed by atoms with Gasteiger partial charge in [-0.15, -0.1) is 0 Å². The number of carbonyl (C=O) groups is 2. The van der Waals surface area contributed by atoms with Crippen molar-refractivity contribution in [3.8, 4) is 5.75 Å². The molecule has 1 aromatic carbocycles. The van der Waals surface area contributed by atoms with Gasteiger partial charge in [-0.2, -0.15) is 0 Å². The zero-order valence-electron chi connectivity index (χ0n) is 16.1. The summed E-state index contributed by atoms with van der Waals surface area (Å²) in [4.78, 5) is 33.8. The molecule has 0 aliphatic rings. The number of methoxy groups -OCH3 is 1. The lowest BCUT2D eigenvalue weighted by molar-refractivity contribution is -0.142. The van der Waals surface area contributed by atoms with Gasteiger partial charge in [0.05, 0.1) is 31.2 Å². The number of ketones is 1. The van der Waals surface area contributed by atoms with Crippen LogP contribution in [0.25, 0.3) is 16.4 Å². The smallest absolute Gasteiger partial charge is 0.310 e. The molecule has 146 valence electrons. The van der Waals surface area contributed by atoms with E-state index in [9.17, 15) is 9.59 Å². The van der Waals surface area contributed by atoms with Crippen LogP contribution >= 0.6 is 0 Å². The van der Waals surface area contributed by atoms with E-state index in [4.69, 9.17) is 9.47 Å². The highest BCUT2D eigenvalue weighted by molar-refractivity contribution is 6.07. The Bertz CT molecular complexity index is 1220. The van der Waals surface area contributed by atoms with Crippen molar-refractivity contribution in [3.05, 3.63) is 71.9 Å². The second-order valence-electron chi connectivity index (χ2n) is 6.38. The van der Waals surface area contributed by atoms with Gasteiger partial charge >= 0.3 is 5.97 Å². The van der Waals surface area contributed by atoms with Gasteiger partial charge < -0.3 is 9.47 Å². The van der Waals surface area contributed by atoms with E-state index in [-0.39, 0.29) is 24.0 Å². The molecule has 0 unspecified atom stereocenters. The monoisotopic (exact) mass is 389 g/mol. The summed E-state index contributed by atoms with van der Waals surface area (Å²) in [6, 6.07) is 12.5. The molecule has 0 amide bonds. The van der Waals surface area contributed by atoms with E-state index in [1.165, 1.54) is 0 Å². The third-order valence-electron chi connectivity index (χ3n) is 4.69. The van der Waals surface area contributed by atoms with Gasteiger partial charge in [0.2, 0.25) is 5.78 Å². The first kappa shape index (κ1) is 18.6. The Morgan fingerprint density at radius 2 is 1.90 bits per heavy atom. The van der Waals surface area contributed by atoms with Gasteiger partial charge in [0.15, 0.2) is 5.82 Å². The van der Waals surface area contributed by atoms with Crippen molar-refractivity contribution in [2.75, 3.05) is 13.7 Å². The minimum Gasteiger partial charge on any atom is -0.497 e.